The SMILES string of the molecule is C=CC(=O)NC(=O)C(C)=C=O. The van der Waals surface area contributed by atoms with E-state index >= 15 is 0 Å². The second-order valence-electron chi connectivity index (χ2n) is 1.75. The van der Waals surface area contributed by atoms with E-state index in [1.807, 2.05) is 5.32 Å². The standard InChI is InChI=1S/C7H7NO3/c1-3-6(10)8-7(11)5(2)4-9/h3H,1H2,2H3,(H,8,10,11). The van der Waals surface area contributed by atoms with Crippen molar-refractivity contribution in [1.29, 1.82) is 0 Å². The Hall–Kier alpha value is -1.67. The van der Waals surface area contributed by atoms with E-state index in [0.717, 1.165) is 6.08 Å². The van der Waals surface area contributed by atoms with Crippen molar-refractivity contribution in [3.63, 3.8) is 0 Å². The second kappa shape index (κ2) is 4.19. The molecule has 0 saturated heterocycles. The molecule has 11 heavy (non-hydrogen) atoms. The van der Waals surface area contributed by atoms with Crippen LogP contribution in [0.2, 0.25) is 0 Å². The average Bonchev–Trinajstić information content (AvgIpc) is 2.02. The summed E-state index contributed by atoms with van der Waals surface area (Å²) in [6.07, 6.45) is 0.940. The Kier molecular flexibility index (Phi) is 3.56. The molecular formula is C7H7NO3. The molecule has 58 valence electrons. The highest BCUT2D eigenvalue weighted by molar-refractivity contribution is 6.10. The van der Waals surface area contributed by atoms with Crippen LogP contribution in [-0.2, 0) is 14.4 Å². The van der Waals surface area contributed by atoms with Gasteiger partial charge in [0, 0.05) is 0 Å². The molecule has 1 N–H and O–H groups in total. The van der Waals surface area contributed by atoms with Crippen molar-refractivity contribution in [3.8, 4) is 0 Å². The molecule has 0 aromatic rings. The lowest BCUT2D eigenvalue weighted by atomic mass is 10.3. The highest BCUT2D eigenvalue weighted by Gasteiger charge is 2.06. The lowest BCUT2D eigenvalue weighted by Gasteiger charge is -1.95. The molecule has 0 aromatic carbocycles. The Morgan fingerprint density at radius 1 is 1.55 bits per heavy atom. The largest absolute Gasteiger partial charge is 0.288 e. The van der Waals surface area contributed by atoms with Gasteiger partial charge in [0.2, 0.25) is 5.91 Å². The summed E-state index contributed by atoms with van der Waals surface area (Å²) in [5, 5.41) is 1.88. The van der Waals surface area contributed by atoms with Gasteiger partial charge in [0.15, 0.2) is 0 Å². The van der Waals surface area contributed by atoms with Crippen molar-refractivity contribution in [3.05, 3.63) is 18.2 Å². The summed E-state index contributed by atoms with van der Waals surface area (Å²) in [5.74, 6) is -0.0178. The van der Waals surface area contributed by atoms with E-state index in [9.17, 15) is 14.4 Å². The summed E-state index contributed by atoms with van der Waals surface area (Å²) in [6.45, 7) is 4.39. The average molecular weight is 153 g/mol. The summed E-state index contributed by atoms with van der Waals surface area (Å²) < 4.78 is 0. The van der Waals surface area contributed by atoms with Crippen LogP contribution in [-0.4, -0.2) is 17.8 Å². The molecule has 2 amide bonds. The number of rotatable bonds is 2. The van der Waals surface area contributed by atoms with Gasteiger partial charge in [-0.1, -0.05) is 6.58 Å². The quantitative estimate of drug-likeness (QED) is 0.433. The Balaban J connectivity index is 4.20. The molecule has 0 atom stereocenters. The number of carbonyl (C=O) groups excluding carboxylic acids is 3. The maximum atomic E-state index is 10.7. The number of imide groups is 1. The lowest BCUT2D eigenvalue weighted by Crippen LogP contribution is -2.29. The summed E-state index contributed by atoms with van der Waals surface area (Å²) in [7, 11) is 0. The number of hydrogen-bond donors (Lipinski definition) is 1. The summed E-state index contributed by atoms with van der Waals surface area (Å²) in [6, 6.07) is 0. The van der Waals surface area contributed by atoms with Crippen molar-refractivity contribution in [2.45, 2.75) is 6.92 Å². The van der Waals surface area contributed by atoms with Crippen LogP contribution < -0.4 is 5.32 Å². The van der Waals surface area contributed by atoms with Gasteiger partial charge in [-0.15, -0.1) is 0 Å². The monoisotopic (exact) mass is 153 g/mol. The molecule has 0 aliphatic rings. The first-order chi connectivity index (χ1) is 5.11. The van der Waals surface area contributed by atoms with Crippen LogP contribution in [0.25, 0.3) is 0 Å². The van der Waals surface area contributed by atoms with Crippen molar-refractivity contribution >= 4 is 17.8 Å². The fraction of sp³-hybridized carbons (Fsp3) is 0.143. The van der Waals surface area contributed by atoms with Crippen LogP contribution in [0.15, 0.2) is 18.2 Å². The molecule has 0 aliphatic heterocycles. The fourth-order valence-corrected chi connectivity index (χ4v) is 0.303. The first kappa shape index (κ1) is 9.33. The molecule has 0 unspecified atom stereocenters. The van der Waals surface area contributed by atoms with Gasteiger partial charge in [-0.2, -0.15) is 0 Å². The topological polar surface area (TPSA) is 63.2 Å². The maximum Gasteiger partial charge on any atom is 0.264 e. The highest BCUT2D eigenvalue weighted by Crippen LogP contribution is 1.83. The first-order valence-electron chi connectivity index (χ1n) is 2.81. The third-order valence-corrected chi connectivity index (χ3v) is 0.916. The molecule has 0 saturated carbocycles. The molecule has 0 bridgehead atoms. The molecule has 0 rings (SSSR count). The van der Waals surface area contributed by atoms with Gasteiger partial charge in [0.25, 0.3) is 5.91 Å². The van der Waals surface area contributed by atoms with Gasteiger partial charge in [0.1, 0.15) is 5.94 Å². The zero-order valence-electron chi connectivity index (χ0n) is 6.01. The van der Waals surface area contributed by atoms with Gasteiger partial charge in [-0.3, -0.25) is 14.9 Å². The Morgan fingerprint density at radius 3 is 2.45 bits per heavy atom. The van der Waals surface area contributed by atoms with Crippen LogP contribution >= 0.6 is 0 Å². The van der Waals surface area contributed by atoms with Gasteiger partial charge < -0.3 is 0 Å². The van der Waals surface area contributed by atoms with E-state index in [0.29, 0.717) is 0 Å². The van der Waals surface area contributed by atoms with Crippen molar-refractivity contribution < 1.29 is 14.4 Å². The smallest absolute Gasteiger partial charge is 0.264 e. The molecule has 0 fully saturated rings. The van der Waals surface area contributed by atoms with Gasteiger partial charge in [-0.25, -0.2) is 4.79 Å². The number of carbonyl (C=O) groups is 2. The minimum absolute atomic E-state index is 0.166. The van der Waals surface area contributed by atoms with E-state index in [2.05, 4.69) is 6.58 Å². The van der Waals surface area contributed by atoms with Gasteiger partial charge >= 0.3 is 0 Å². The van der Waals surface area contributed by atoms with Crippen LogP contribution in [0, 0.1) is 0 Å². The first-order valence-corrected chi connectivity index (χ1v) is 2.81. The van der Waals surface area contributed by atoms with Crippen LogP contribution in [0.1, 0.15) is 6.92 Å². The Morgan fingerprint density at radius 2 is 2.09 bits per heavy atom. The van der Waals surface area contributed by atoms with Crippen molar-refractivity contribution in [2.75, 3.05) is 0 Å². The van der Waals surface area contributed by atoms with Crippen LogP contribution in [0.3, 0.4) is 0 Å². The van der Waals surface area contributed by atoms with Crippen LogP contribution in [0.4, 0.5) is 0 Å². The summed E-state index contributed by atoms with van der Waals surface area (Å²) in [5.41, 5.74) is -0.166. The molecule has 0 spiro atoms. The minimum atomic E-state index is -0.745. The normalized spacial score (nSPS) is 7.73. The highest BCUT2D eigenvalue weighted by atomic mass is 16.2. The Labute approximate surface area is 63.6 Å². The zero-order chi connectivity index (χ0) is 8.85. The third kappa shape index (κ3) is 3.13. The molecule has 0 radical (unpaired) electrons. The van der Waals surface area contributed by atoms with Crippen molar-refractivity contribution in [1.82, 2.24) is 5.32 Å². The predicted molar refractivity (Wildman–Crippen MR) is 38.2 cm³/mol. The molecule has 0 aliphatic carbocycles. The number of hydrogen-bond acceptors (Lipinski definition) is 3. The molecule has 0 aromatic heterocycles. The predicted octanol–water partition coefficient (Wildman–Crippen LogP) is -0.407. The van der Waals surface area contributed by atoms with Gasteiger partial charge in [-0.05, 0) is 13.0 Å². The summed E-state index contributed by atoms with van der Waals surface area (Å²) in [4.78, 5) is 31.0. The van der Waals surface area contributed by atoms with Gasteiger partial charge in [0.05, 0.1) is 5.57 Å². The molecule has 4 nitrogen and oxygen atoms in total. The van der Waals surface area contributed by atoms with Crippen LogP contribution in [0.5, 0.6) is 0 Å². The number of nitrogens with one attached hydrogen (secondary N) is 1. The Bertz CT molecular complexity index is 248. The van der Waals surface area contributed by atoms with E-state index < -0.39 is 11.8 Å². The molecule has 4 heteroatoms. The lowest BCUT2D eigenvalue weighted by molar-refractivity contribution is -0.125. The second-order valence-corrected chi connectivity index (χ2v) is 1.75. The van der Waals surface area contributed by atoms with E-state index in [1.165, 1.54) is 12.9 Å². The number of amides is 2. The zero-order valence-corrected chi connectivity index (χ0v) is 6.01. The van der Waals surface area contributed by atoms with E-state index in [-0.39, 0.29) is 5.57 Å². The molecular weight excluding hydrogens is 146 g/mol. The maximum absolute atomic E-state index is 10.7. The van der Waals surface area contributed by atoms with Crippen molar-refractivity contribution in [2.24, 2.45) is 0 Å². The summed E-state index contributed by atoms with van der Waals surface area (Å²) >= 11 is 0. The third-order valence-electron chi connectivity index (χ3n) is 0.916. The fourth-order valence-electron chi connectivity index (χ4n) is 0.303. The minimum Gasteiger partial charge on any atom is -0.288 e. The molecule has 0 heterocycles. The van der Waals surface area contributed by atoms with E-state index in [4.69, 9.17) is 0 Å². The van der Waals surface area contributed by atoms with E-state index in [1.54, 1.807) is 0 Å².